The summed E-state index contributed by atoms with van der Waals surface area (Å²) in [7, 11) is 0. The number of hydrogen-bond acceptors (Lipinski definition) is 6. The van der Waals surface area contributed by atoms with Crippen molar-refractivity contribution in [3.63, 3.8) is 0 Å². The van der Waals surface area contributed by atoms with Crippen molar-refractivity contribution in [2.75, 3.05) is 0 Å². The molecule has 2 heterocycles. The lowest BCUT2D eigenvalue weighted by Gasteiger charge is -2.14. The number of para-hydroxylation sites is 1. The van der Waals surface area contributed by atoms with E-state index in [9.17, 15) is 4.79 Å². The summed E-state index contributed by atoms with van der Waals surface area (Å²) in [6, 6.07) is 17.2. The van der Waals surface area contributed by atoms with E-state index in [0.29, 0.717) is 5.82 Å². The van der Waals surface area contributed by atoms with E-state index >= 15 is 0 Å². The number of hydrogen-bond donors (Lipinski definition) is 1. The molecule has 0 unspecified atom stereocenters. The number of imidazole rings is 1. The fourth-order valence-corrected chi connectivity index (χ4v) is 2.91. The van der Waals surface area contributed by atoms with Crippen LogP contribution in [-0.4, -0.2) is 35.7 Å². The van der Waals surface area contributed by atoms with Crippen molar-refractivity contribution in [3.8, 4) is 11.4 Å². The van der Waals surface area contributed by atoms with Gasteiger partial charge in [-0.25, -0.2) is 4.98 Å². The van der Waals surface area contributed by atoms with Crippen molar-refractivity contribution in [1.82, 2.24) is 35.1 Å². The summed E-state index contributed by atoms with van der Waals surface area (Å²) in [5, 5.41) is 15.0. The Morgan fingerprint density at radius 3 is 2.67 bits per heavy atom. The molecule has 0 aliphatic rings. The molecule has 0 aliphatic heterocycles. The lowest BCUT2D eigenvalue weighted by Crippen LogP contribution is -2.30. The number of aromatic nitrogens is 6. The Morgan fingerprint density at radius 1 is 1.13 bits per heavy atom. The molecular weight excluding hydrogens is 382 g/mol. The SMILES string of the molecule is C[C@H](NC(=O)Cn1nnc(COc2ccccc2)n1)c1ccc(-n2ccnc2)cc1. The van der Waals surface area contributed by atoms with E-state index in [4.69, 9.17) is 4.74 Å². The third-order valence-electron chi connectivity index (χ3n) is 4.46. The van der Waals surface area contributed by atoms with Gasteiger partial charge in [-0.3, -0.25) is 4.79 Å². The molecule has 4 aromatic rings. The molecule has 0 radical (unpaired) electrons. The van der Waals surface area contributed by atoms with E-state index in [1.807, 2.05) is 72.3 Å². The smallest absolute Gasteiger partial charge is 0.244 e. The van der Waals surface area contributed by atoms with Gasteiger partial charge in [-0.05, 0) is 42.0 Å². The Morgan fingerprint density at radius 2 is 1.93 bits per heavy atom. The average molecular weight is 403 g/mol. The number of amides is 1. The van der Waals surface area contributed by atoms with Crippen LogP contribution in [0.15, 0.2) is 73.3 Å². The van der Waals surface area contributed by atoms with E-state index in [1.165, 1.54) is 4.80 Å². The summed E-state index contributed by atoms with van der Waals surface area (Å²) in [5.41, 5.74) is 2.00. The van der Waals surface area contributed by atoms with Crippen LogP contribution in [0, 0.1) is 0 Å². The summed E-state index contributed by atoms with van der Waals surface area (Å²) in [5.74, 6) is 0.934. The Hall–Kier alpha value is -4.01. The molecule has 0 bridgehead atoms. The molecule has 1 N–H and O–H groups in total. The van der Waals surface area contributed by atoms with E-state index in [1.54, 1.807) is 12.5 Å². The maximum atomic E-state index is 12.4. The van der Waals surface area contributed by atoms with Gasteiger partial charge >= 0.3 is 0 Å². The molecule has 0 spiro atoms. The maximum absolute atomic E-state index is 12.4. The topological polar surface area (TPSA) is 99.8 Å². The van der Waals surface area contributed by atoms with Crippen LogP contribution >= 0.6 is 0 Å². The van der Waals surface area contributed by atoms with Crippen molar-refractivity contribution in [1.29, 1.82) is 0 Å². The van der Waals surface area contributed by atoms with Crippen LogP contribution in [0.25, 0.3) is 5.69 Å². The molecular formula is C21H21N7O2. The number of ether oxygens (including phenoxy) is 1. The van der Waals surface area contributed by atoms with E-state index in [-0.39, 0.29) is 25.1 Å². The minimum atomic E-state index is -0.200. The highest BCUT2D eigenvalue weighted by Gasteiger charge is 2.12. The molecule has 0 saturated carbocycles. The Labute approximate surface area is 173 Å². The molecule has 9 nitrogen and oxygen atoms in total. The molecule has 9 heteroatoms. The van der Waals surface area contributed by atoms with Gasteiger partial charge < -0.3 is 14.6 Å². The first-order chi connectivity index (χ1) is 14.7. The lowest BCUT2D eigenvalue weighted by atomic mass is 10.1. The predicted octanol–water partition coefficient (Wildman–Crippen LogP) is 2.32. The second-order valence-electron chi connectivity index (χ2n) is 6.69. The van der Waals surface area contributed by atoms with Gasteiger partial charge in [0.25, 0.3) is 0 Å². The molecule has 0 fully saturated rings. The zero-order chi connectivity index (χ0) is 20.8. The monoisotopic (exact) mass is 403 g/mol. The van der Waals surface area contributed by atoms with Crippen LogP contribution in [0.2, 0.25) is 0 Å². The summed E-state index contributed by atoms with van der Waals surface area (Å²) < 4.78 is 7.50. The number of nitrogens with zero attached hydrogens (tertiary/aromatic N) is 6. The minimum absolute atomic E-state index is 0.0181. The van der Waals surface area contributed by atoms with E-state index in [0.717, 1.165) is 17.0 Å². The third-order valence-corrected chi connectivity index (χ3v) is 4.46. The highest BCUT2D eigenvalue weighted by molar-refractivity contribution is 5.76. The highest BCUT2D eigenvalue weighted by Crippen LogP contribution is 2.15. The van der Waals surface area contributed by atoms with Crippen molar-refractivity contribution >= 4 is 5.91 Å². The van der Waals surface area contributed by atoms with Crippen LogP contribution in [0.4, 0.5) is 0 Å². The number of rotatable bonds is 8. The zero-order valence-corrected chi connectivity index (χ0v) is 16.4. The molecule has 152 valence electrons. The summed E-state index contributed by atoms with van der Waals surface area (Å²) >= 11 is 0. The molecule has 1 atom stereocenters. The normalized spacial score (nSPS) is 11.8. The number of carbonyl (C=O) groups is 1. The number of tetrazole rings is 1. The van der Waals surface area contributed by atoms with E-state index in [2.05, 4.69) is 25.7 Å². The van der Waals surface area contributed by atoms with Gasteiger partial charge in [0.1, 0.15) is 12.3 Å². The zero-order valence-electron chi connectivity index (χ0n) is 16.4. The first kappa shape index (κ1) is 19.3. The van der Waals surface area contributed by atoms with E-state index < -0.39 is 0 Å². The molecule has 1 amide bonds. The Kier molecular flexibility index (Phi) is 5.79. The van der Waals surface area contributed by atoms with Gasteiger partial charge in [0.05, 0.1) is 12.4 Å². The molecule has 0 aliphatic carbocycles. The lowest BCUT2D eigenvalue weighted by molar-refractivity contribution is -0.122. The summed E-state index contributed by atoms with van der Waals surface area (Å²) in [6.07, 6.45) is 5.35. The first-order valence-corrected chi connectivity index (χ1v) is 9.49. The van der Waals surface area contributed by atoms with Gasteiger partial charge in [0.15, 0.2) is 6.61 Å². The Balaban J connectivity index is 1.28. The third kappa shape index (κ3) is 4.88. The number of nitrogens with one attached hydrogen (secondary N) is 1. The summed E-state index contributed by atoms with van der Waals surface area (Å²) in [6.45, 7) is 2.10. The second kappa shape index (κ2) is 8.99. The van der Waals surface area contributed by atoms with Crippen molar-refractivity contribution in [2.45, 2.75) is 26.1 Å². The number of carbonyl (C=O) groups excluding carboxylic acids is 1. The van der Waals surface area contributed by atoms with Gasteiger partial charge in [-0.1, -0.05) is 30.3 Å². The van der Waals surface area contributed by atoms with Crippen LogP contribution < -0.4 is 10.1 Å². The van der Waals surface area contributed by atoms with Crippen molar-refractivity contribution in [2.24, 2.45) is 0 Å². The second-order valence-corrected chi connectivity index (χ2v) is 6.69. The first-order valence-electron chi connectivity index (χ1n) is 9.49. The largest absolute Gasteiger partial charge is 0.485 e. The van der Waals surface area contributed by atoms with Crippen LogP contribution in [-0.2, 0) is 17.9 Å². The molecule has 2 aromatic heterocycles. The Bertz CT molecular complexity index is 1080. The van der Waals surface area contributed by atoms with Crippen LogP contribution in [0.1, 0.15) is 24.4 Å². The van der Waals surface area contributed by atoms with Gasteiger partial charge in [-0.15, -0.1) is 10.2 Å². The average Bonchev–Trinajstić information content (AvgIpc) is 3.45. The van der Waals surface area contributed by atoms with Crippen molar-refractivity contribution < 1.29 is 9.53 Å². The fourth-order valence-electron chi connectivity index (χ4n) is 2.91. The predicted molar refractivity (Wildman–Crippen MR) is 109 cm³/mol. The van der Waals surface area contributed by atoms with Crippen LogP contribution in [0.5, 0.6) is 5.75 Å². The van der Waals surface area contributed by atoms with Crippen molar-refractivity contribution in [3.05, 3.63) is 84.7 Å². The summed E-state index contributed by atoms with van der Waals surface area (Å²) in [4.78, 5) is 17.7. The molecule has 30 heavy (non-hydrogen) atoms. The standard InChI is InChI=1S/C21H21N7O2/c1-16(17-7-9-18(10-8-17)27-12-11-22-15-27)23-21(29)13-28-25-20(24-26-28)14-30-19-5-3-2-4-6-19/h2-12,15-16H,13-14H2,1H3,(H,23,29)/t16-/m0/s1. The highest BCUT2D eigenvalue weighted by atomic mass is 16.5. The number of benzene rings is 2. The molecule has 0 saturated heterocycles. The van der Waals surface area contributed by atoms with Crippen LogP contribution in [0.3, 0.4) is 0 Å². The molecule has 2 aromatic carbocycles. The van der Waals surface area contributed by atoms with Gasteiger partial charge in [0.2, 0.25) is 11.7 Å². The minimum Gasteiger partial charge on any atom is -0.485 e. The maximum Gasteiger partial charge on any atom is 0.244 e. The van der Waals surface area contributed by atoms with Gasteiger partial charge in [0, 0.05) is 18.1 Å². The quantitative estimate of drug-likeness (QED) is 0.485. The van der Waals surface area contributed by atoms with Gasteiger partial charge in [-0.2, -0.15) is 4.80 Å². The molecule has 4 rings (SSSR count). The fraction of sp³-hybridized carbons (Fsp3) is 0.190.